The molecule has 0 saturated carbocycles. The molecule has 4 aromatic carbocycles. The number of fused-ring (bicyclic) bond motifs is 2. The Kier molecular flexibility index (Phi) is 3.81. The highest BCUT2D eigenvalue weighted by Crippen LogP contribution is 2.33. The normalized spacial score (nSPS) is 11.1. The fraction of sp³-hybridized carbons (Fsp3) is 0.0476. The van der Waals surface area contributed by atoms with Crippen LogP contribution < -0.4 is 4.74 Å². The maximum absolute atomic E-state index is 9.65. The second kappa shape index (κ2) is 5.98. The lowest BCUT2D eigenvalue weighted by Gasteiger charge is -2.10. The van der Waals surface area contributed by atoms with E-state index < -0.39 is 0 Å². The molecule has 1 N–H and O–H groups in total. The van der Waals surface area contributed by atoms with Crippen LogP contribution in [0.2, 0.25) is 0 Å². The van der Waals surface area contributed by atoms with Gasteiger partial charge in [0, 0.05) is 3.57 Å². The van der Waals surface area contributed by atoms with E-state index in [0.717, 1.165) is 25.8 Å². The largest absolute Gasteiger partial charge is 0.508 e. The molecule has 0 spiro atoms. The van der Waals surface area contributed by atoms with Gasteiger partial charge in [-0.25, -0.2) is 0 Å². The van der Waals surface area contributed by atoms with Crippen LogP contribution in [-0.4, -0.2) is 5.11 Å². The Labute approximate surface area is 153 Å². The Morgan fingerprint density at radius 2 is 1.58 bits per heavy atom. The van der Waals surface area contributed by atoms with Crippen molar-refractivity contribution in [2.75, 3.05) is 0 Å². The molecule has 0 bridgehead atoms. The molecule has 0 unspecified atom stereocenters. The second-order valence-corrected chi connectivity index (χ2v) is 7.03. The second-order valence-electron chi connectivity index (χ2n) is 5.87. The molecular weight excluding hydrogens is 411 g/mol. The number of hydrogen-bond acceptors (Lipinski definition) is 2. The van der Waals surface area contributed by atoms with Gasteiger partial charge in [-0.05, 0) is 93.0 Å². The molecule has 0 aliphatic heterocycles. The smallest absolute Gasteiger partial charge is 0.129 e. The molecule has 24 heavy (non-hydrogen) atoms. The number of rotatable bonds is 2. The topological polar surface area (TPSA) is 29.5 Å². The maximum Gasteiger partial charge on any atom is 0.129 e. The van der Waals surface area contributed by atoms with Gasteiger partial charge in [0.05, 0.1) is 0 Å². The van der Waals surface area contributed by atoms with E-state index in [1.165, 1.54) is 16.3 Å². The number of halogens is 1. The number of hydrogen-bond donors (Lipinski definition) is 1. The predicted molar refractivity (Wildman–Crippen MR) is 107 cm³/mol. The van der Waals surface area contributed by atoms with Crippen LogP contribution in [0.15, 0.2) is 66.7 Å². The molecule has 2 nitrogen and oxygen atoms in total. The fourth-order valence-corrected chi connectivity index (χ4v) is 3.73. The number of aryl methyl sites for hydroxylation is 1. The molecule has 118 valence electrons. The predicted octanol–water partition coefficient (Wildman–Crippen LogP) is 6.40. The van der Waals surface area contributed by atoms with E-state index in [1.54, 1.807) is 12.1 Å². The summed E-state index contributed by atoms with van der Waals surface area (Å²) in [5, 5.41) is 14.1. The summed E-state index contributed by atoms with van der Waals surface area (Å²) in [6.45, 7) is 2.12. The highest BCUT2D eigenvalue weighted by Gasteiger charge is 2.06. The molecule has 0 amide bonds. The lowest BCUT2D eigenvalue weighted by atomic mass is 10.1. The van der Waals surface area contributed by atoms with Crippen LogP contribution in [0.4, 0.5) is 0 Å². The van der Waals surface area contributed by atoms with Gasteiger partial charge in [-0.15, -0.1) is 0 Å². The molecule has 0 fully saturated rings. The Morgan fingerprint density at radius 1 is 0.792 bits per heavy atom. The van der Waals surface area contributed by atoms with Crippen molar-refractivity contribution in [3.63, 3.8) is 0 Å². The Morgan fingerprint density at radius 3 is 2.46 bits per heavy atom. The van der Waals surface area contributed by atoms with E-state index in [4.69, 9.17) is 4.74 Å². The Balaban J connectivity index is 1.75. The van der Waals surface area contributed by atoms with Crippen molar-refractivity contribution < 1.29 is 9.84 Å². The van der Waals surface area contributed by atoms with E-state index in [1.807, 2.05) is 24.3 Å². The minimum absolute atomic E-state index is 0.277. The van der Waals surface area contributed by atoms with Crippen LogP contribution in [0.5, 0.6) is 17.2 Å². The standard InChI is InChI=1S/C21H15IO2/c1-13-3-2-4-14-9-17(7-8-19(13)14)24-18-10-15-5-6-16(23)11-20(15)21(22)12-18/h2-12,23H,1H3. The van der Waals surface area contributed by atoms with Crippen molar-refractivity contribution in [1.29, 1.82) is 0 Å². The van der Waals surface area contributed by atoms with Gasteiger partial charge in [0.15, 0.2) is 0 Å². The molecule has 4 aromatic rings. The third-order valence-electron chi connectivity index (χ3n) is 4.17. The van der Waals surface area contributed by atoms with Crippen molar-refractivity contribution >= 4 is 44.1 Å². The van der Waals surface area contributed by atoms with Crippen LogP contribution in [0.1, 0.15) is 5.56 Å². The van der Waals surface area contributed by atoms with Crippen LogP contribution in [0.25, 0.3) is 21.5 Å². The quantitative estimate of drug-likeness (QED) is 0.376. The minimum atomic E-state index is 0.277. The fourth-order valence-electron chi connectivity index (χ4n) is 2.96. The Hall–Kier alpha value is -2.27. The summed E-state index contributed by atoms with van der Waals surface area (Å²) in [7, 11) is 0. The minimum Gasteiger partial charge on any atom is -0.508 e. The summed E-state index contributed by atoms with van der Waals surface area (Å²) in [6, 6.07) is 21.8. The van der Waals surface area contributed by atoms with Crippen molar-refractivity contribution in [2.24, 2.45) is 0 Å². The summed E-state index contributed by atoms with van der Waals surface area (Å²) in [4.78, 5) is 0. The average molecular weight is 426 g/mol. The molecule has 0 aliphatic rings. The number of phenols is 1. The Bertz CT molecular complexity index is 1070. The first-order valence-electron chi connectivity index (χ1n) is 7.70. The summed E-state index contributed by atoms with van der Waals surface area (Å²) in [5.41, 5.74) is 1.26. The van der Waals surface area contributed by atoms with Crippen LogP contribution in [-0.2, 0) is 0 Å². The number of ether oxygens (including phenoxy) is 1. The zero-order chi connectivity index (χ0) is 16.7. The summed E-state index contributed by atoms with van der Waals surface area (Å²) < 4.78 is 7.13. The van der Waals surface area contributed by atoms with Crippen LogP contribution >= 0.6 is 22.6 Å². The third kappa shape index (κ3) is 2.80. The first kappa shape index (κ1) is 15.3. The molecule has 0 radical (unpaired) electrons. The van der Waals surface area contributed by atoms with Gasteiger partial charge in [-0.3, -0.25) is 0 Å². The van der Waals surface area contributed by atoms with Crippen LogP contribution in [0, 0.1) is 10.5 Å². The van der Waals surface area contributed by atoms with Gasteiger partial charge in [-0.2, -0.15) is 0 Å². The zero-order valence-electron chi connectivity index (χ0n) is 13.1. The summed E-state index contributed by atoms with van der Waals surface area (Å²) in [5.74, 6) is 1.89. The van der Waals surface area contributed by atoms with E-state index >= 15 is 0 Å². The lowest BCUT2D eigenvalue weighted by molar-refractivity contribution is 0.475. The van der Waals surface area contributed by atoms with Crippen molar-refractivity contribution in [2.45, 2.75) is 6.92 Å². The molecule has 0 aliphatic carbocycles. The molecular formula is C21H15IO2. The molecule has 3 heteroatoms. The molecule has 0 heterocycles. The first-order chi connectivity index (χ1) is 11.6. The lowest BCUT2D eigenvalue weighted by Crippen LogP contribution is -1.87. The van der Waals surface area contributed by atoms with Crippen molar-refractivity contribution in [3.05, 3.63) is 75.9 Å². The average Bonchev–Trinajstić information content (AvgIpc) is 2.56. The maximum atomic E-state index is 9.65. The van der Waals surface area contributed by atoms with E-state index in [9.17, 15) is 5.11 Å². The highest BCUT2D eigenvalue weighted by atomic mass is 127. The number of benzene rings is 4. The molecule has 0 aromatic heterocycles. The van der Waals surface area contributed by atoms with Crippen molar-refractivity contribution in [3.8, 4) is 17.2 Å². The third-order valence-corrected chi connectivity index (χ3v) is 5.06. The van der Waals surface area contributed by atoms with Crippen molar-refractivity contribution in [1.82, 2.24) is 0 Å². The van der Waals surface area contributed by atoms with Gasteiger partial charge in [0.1, 0.15) is 17.2 Å². The van der Waals surface area contributed by atoms with Crippen LogP contribution in [0.3, 0.4) is 0 Å². The molecule has 0 saturated heterocycles. The van der Waals surface area contributed by atoms with E-state index in [-0.39, 0.29) is 5.75 Å². The van der Waals surface area contributed by atoms with Gasteiger partial charge in [0.2, 0.25) is 0 Å². The van der Waals surface area contributed by atoms with Gasteiger partial charge >= 0.3 is 0 Å². The zero-order valence-corrected chi connectivity index (χ0v) is 15.2. The molecule has 0 atom stereocenters. The number of aromatic hydroxyl groups is 1. The summed E-state index contributed by atoms with van der Waals surface area (Å²) in [6.07, 6.45) is 0. The monoisotopic (exact) mass is 426 g/mol. The summed E-state index contributed by atoms with van der Waals surface area (Å²) >= 11 is 2.27. The van der Waals surface area contributed by atoms with E-state index in [2.05, 4.69) is 59.8 Å². The SMILES string of the molecule is Cc1cccc2cc(Oc3cc(I)c4cc(O)ccc4c3)ccc12. The van der Waals surface area contributed by atoms with Gasteiger partial charge in [-0.1, -0.05) is 30.3 Å². The highest BCUT2D eigenvalue weighted by molar-refractivity contribution is 14.1. The number of phenolic OH excluding ortho intramolecular Hbond substituents is 1. The van der Waals surface area contributed by atoms with Gasteiger partial charge in [0.25, 0.3) is 0 Å². The van der Waals surface area contributed by atoms with E-state index in [0.29, 0.717) is 0 Å². The molecule has 4 rings (SSSR count). The first-order valence-corrected chi connectivity index (χ1v) is 8.77. The van der Waals surface area contributed by atoms with Gasteiger partial charge < -0.3 is 9.84 Å².